The van der Waals surface area contributed by atoms with E-state index in [0.29, 0.717) is 5.69 Å². The molecule has 144 valence electrons. The van der Waals surface area contributed by atoms with Crippen molar-refractivity contribution in [2.75, 3.05) is 30.9 Å². The van der Waals surface area contributed by atoms with Crippen molar-refractivity contribution in [1.82, 2.24) is 0 Å². The number of nitro benzene ring substituents is 1. The summed E-state index contributed by atoms with van der Waals surface area (Å²) in [4.78, 5) is 22.6. The lowest BCUT2D eigenvalue weighted by Crippen LogP contribution is -2.14. The Morgan fingerprint density at radius 3 is 2.63 bits per heavy atom. The van der Waals surface area contributed by atoms with Gasteiger partial charge in [0.05, 0.1) is 29.9 Å². The van der Waals surface area contributed by atoms with E-state index in [0.717, 1.165) is 22.3 Å². The van der Waals surface area contributed by atoms with Crippen LogP contribution in [0.2, 0.25) is 0 Å². The standard InChI is InChI=1S/C17H17FIN3O5/c1-9-7-10(19)3-4-12(9)21-15-11(17(24)27-2)8-13(22(25)26)16(14(15)18)20-5-6-23/h3-4,7-8,20-21,23H,5-6H2,1-2H3. The van der Waals surface area contributed by atoms with Gasteiger partial charge in [-0.05, 0) is 53.3 Å². The van der Waals surface area contributed by atoms with Gasteiger partial charge in [0.25, 0.3) is 5.69 Å². The number of nitrogens with zero attached hydrogens (tertiary/aromatic N) is 1. The fourth-order valence-corrected chi connectivity index (χ4v) is 3.07. The molecule has 2 rings (SSSR count). The molecule has 2 aromatic carbocycles. The number of ether oxygens (including phenoxy) is 1. The second-order valence-electron chi connectivity index (χ2n) is 5.49. The third kappa shape index (κ3) is 4.63. The molecule has 0 unspecified atom stereocenters. The second-order valence-corrected chi connectivity index (χ2v) is 6.74. The molecular weight excluding hydrogens is 472 g/mol. The number of anilines is 3. The Hall–Kier alpha value is -2.47. The van der Waals surface area contributed by atoms with Crippen molar-refractivity contribution in [3.63, 3.8) is 0 Å². The van der Waals surface area contributed by atoms with Crippen LogP contribution < -0.4 is 10.6 Å². The van der Waals surface area contributed by atoms with Crippen LogP contribution in [0.3, 0.4) is 0 Å². The monoisotopic (exact) mass is 489 g/mol. The summed E-state index contributed by atoms with van der Waals surface area (Å²) >= 11 is 2.13. The van der Waals surface area contributed by atoms with E-state index in [2.05, 4.69) is 38.0 Å². The Morgan fingerprint density at radius 2 is 2.07 bits per heavy atom. The van der Waals surface area contributed by atoms with Gasteiger partial charge in [-0.2, -0.15) is 0 Å². The third-order valence-electron chi connectivity index (χ3n) is 3.71. The normalized spacial score (nSPS) is 10.4. The van der Waals surface area contributed by atoms with Gasteiger partial charge in [-0.1, -0.05) is 0 Å². The van der Waals surface area contributed by atoms with E-state index < -0.39 is 28.1 Å². The molecule has 0 radical (unpaired) electrons. The highest BCUT2D eigenvalue weighted by molar-refractivity contribution is 14.1. The lowest BCUT2D eigenvalue weighted by Gasteiger charge is -2.17. The molecule has 0 aliphatic heterocycles. The first-order valence-electron chi connectivity index (χ1n) is 7.77. The van der Waals surface area contributed by atoms with Crippen LogP contribution in [0.5, 0.6) is 0 Å². The van der Waals surface area contributed by atoms with Gasteiger partial charge in [0.2, 0.25) is 0 Å². The van der Waals surface area contributed by atoms with E-state index in [-0.39, 0.29) is 24.4 Å². The van der Waals surface area contributed by atoms with Crippen molar-refractivity contribution >= 4 is 51.3 Å². The number of nitrogens with one attached hydrogen (secondary N) is 2. The molecule has 0 bridgehead atoms. The maximum atomic E-state index is 15.2. The lowest BCUT2D eigenvalue weighted by molar-refractivity contribution is -0.384. The number of nitro groups is 1. The number of rotatable bonds is 7. The first-order valence-corrected chi connectivity index (χ1v) is 8.85. The van der Waals surface area contributed by atoms with Crippen LogP contribution in [-0.2, 0) is 4.74 Å². The predicted octanol–water partition coefficient (Wildman–Crippen LogP) is 3.58. The van der Waals surface area contributed by atoms with Crippen LogP contribution in [0, 0.1) is 26.4 Å². The summed E-state index contributed by atoms with van der Waals surface area (Å²) in [5.74, 6) is -1.94. The largest absolute Gasteiger partial charge is 0.465 e. The summed E-state index contributed by atoms with van der Waals surface area (Å²) in [6.45, 7) is 1.35. The molecule has 0 saturated carbocycles. The zero-order valence-electron chi connectivity index (χ0n) is 14.5. The van der Waals surface area contributed by atoms with Gasteiger partial charge in [0.1, 0.15) is 0 Å². The Kier molecular flexibility index (Phi) is 6.91. The average molecular weight is 489 g/mol. The molecular formula is C17H17FIN3O5. The summed E-state index contributed by atoms with van der Waals surface area (Å²) in [6, 6.07) is 6.30. The molecule has 0 aliphatic carbocycles. The quantitative estimate of drug-likeness (QED) is 0.236. The number of aryl methyl sites for hydroxylation is 1. The molecule has 0 aromatic heterocycles. The minimum Gasteiger partial charge on any atom is -0.465 e. The lowest BCUT2D eigenvalue weighted by atomic mass is 10.1. The van der Waals surface area contributed by atoms with Gasteiger partial charge in [-0.25, -0.2) is 9.18 Å². The fourth-order valence-electron chi connectivity index (χ4n) is 2.42. The van der Waals surface area contributed by atoms with Gasteiger partial charge in [0.15, 0.2) is 11.5 Å². The highest BCUT2D eigenvalue weighted by Gasteiger charge is 2.28. The summed E-state index contributed by atoms with van der Waals surface area (Å²) in [7, 11) is 1.10. The van der Waals surface area contributed by atoms with Crippen molar-refractivity contribution < 1.29 is 24.0 Å². The fraction of sp³-hybridized carbons (Fsp3) is 0.235. The summed E-state index contributed by atoms with van der Waals surface area (Å²) in [5, 5.41) is 25.6. The van der Waals surface area contributed by atoms with E-state index in [9.17, 15) is 14.9 Å². The highest BCUT2D eigenvalue weighted by Crippen LogP contribution is 2.38. The third-order valence-corrected chi connectivity index (χ3v) is 4.38. The van der Waals surface area contributed by atoms with Gasteiger partial charge >= 0.3 is 5.97 Å². The Bertz CT molecular complexity index is 891. The minimum absolute atomic E-state index is 0.0999. The number of hydrogen-bond acceptors (Lipinski definition) is 7. The Labute approximate surface area is 168 Å². The summed E-state index contributed by atoms with van der Waals surface area (Å²) in [5.41, 5.74) is -0.299. The zero-order valence-corrected chi connectivity index (χ0v) is 16.7. The van der Waals surface area contributed by atoms with Gasteiger partial charge in [-0.3, -0.25) is 10.1 Å². The molecule has 0 amide bonds. The van der Waals surface area contributed by atoms with Crippen molar-refractivity contribution in [3.8, 4) is 0 Å². The van der Waals surface area contributed by atoms with Gasteiger partial charge in [-0.15, -0.1) is 0 Å². The van der Waals surface area contributed by atoms with E-state index in [4.69, 9.17) is 5.11 Å². The first kappa shape index (κ1) is 20.8. The van der Waals surface area contributed by atoms with E-state index in [1.807, 2.05) is 6.07 Å². The molecule has 27 heavy (non-hydrogen) atoms. The van der Waals surface area contributed by atoms with Crippen molar-refractivity contribution in [1.29, 1.82) is 0 Å². The molecule has 3 N–H and O–H groups in total. The smallest absolute Gasteiger partial charge is 0.340 e. The maximum absolute atomic E-state index is 15.2. The van der Waals surface area contributed by atoms with Crippen molar-refractivity contribution in [3.05, 3.63) is 54.9 Å². The van der Waals surface area contributed by atoms with Crippen molar-refractivity contribution in [2.24, 2.45) is 0 Å². The predicted molar refractivity (Wildman–Crippen MR) is 107 cm³/mol. The number of carbonyl (C=O) groups excluding carboxylic acids is 1. The summed E-state index contributed by atoms with van der Waals surface area (Å²) in [6.07, 6.45) is 0. The molecule has 0 atom stereocenters. The number of methoxy groups -OCH3 is 1. The number of hydrogen-bond donors (Lipinski definition) is 3. The van der Waals surface area contributed by atoms with Gasteiger partial charge < -0.3 is 20.5 Å². The SMILES string of the molecule is COC(=O)c1cc([N+](=O)[O-])c(NCCO)c(F)c1Nc1ccc(I)cc1C. The Morgan fingerprint density at radius 1 is 1.37 bits per heavy atom. The molecule has 10 heteroatoms. The average Bonchev–Trinajstić information content (AvgIpc) is 2.63. The number of carbonyl (C=O) groups is 1. The van der Waals surface area contributed by atoms with Crippen LogP contribution in [-0.4, -0.2) is 36.3 Å². The van der Waals surface area contributed by atoms with Crippen LogP contribution in [0.15, 0.2) is 24.3 Å². The van der Waals surface area contributed by atoms with E-state index >= 15 is 4.39 Å². The second kappa shape index (κ2) is 8.95. The molecule has 8 nitrogen and oxygen atoms in total. The number of benzene rings is 2. The summed E-state index contributed by atoms with van der Waals surface area (Å²) < 4.78 is 20.8. The molecule has 0 spiro atoms. The zero-order chi connectivity index (χ0) is 20.1. The molecule has 0 heterocycles. The molecule has 0 aliphatic rings. The topological polar surface area (TPSA) is 114 Å². The van der Waals surface area contributed by atoms with E-state index in [1.54, 1.807) is 19.1 Å². The Balaban J connectivity index is 2.68. The molecule has 0 saturated heterocycles. The van der Waals surface area contributed by atoms with Crippen LogP contribution in [0.1, 0.15) is 15.9 Å². The molecule has 0 fully saturated rings. The van der Waals surface area contributed by atoms with Crippen molar-refractivity contribution in [2.45, 2.75) is 6.92 Å². The van der Waals surface area contributed by atoms with Crippen LogP contribution in [0.4, 0.5) is 27.1 Å². The number of halogens is 2. The van der Waals surface area contributed by atoms with Crippen LogP contribution in [0.25, 0.3) is 0 Å². The maximum Gasteiger partial charge on any atom is 0.340 e. The first-order chi connectivity index (χ1) is 12.8. The number of esters is 1. The number of aliphatic hydroxyl groups excluding tert-OH is 1. The van der Waals surface area contributed by atoms with Crippen LogP contribution >= 0.6 is 22.6 Å². The minimum atomic E-state index is -1.02. The number of aliphatic hydroxyl groups is 1. The van der Waals surface area contributed by atoms with E-state index in [1.165, 1.54) is 0 Å². The van der Waals surface area contributed by atoms with Gasteiger partial charge in [0, 0.05) is 21.9 Å². The molecule has 2 aromatic rings. The highest BCUT2D eigenvalue weighted by atomic mass is 127.